The molecule has 0 amide bonds. The van der Waals surface area contributed by atoms with Crippen LogP contribution in [0.5, 0.6) is 0 Å². The lowest BCUT2D eigenvalue weighted by Gasteiger charge is -2.15. The monoisotopic (exact) mass is 306 g/mol. The average Bonchev–Trinajstić information content (AvgIpc) is 2.03. The van der Waals surface area contributed by atoms with Gasteiger partial charge in [0.1, 0.15) is 0 Å². The molecule has 5 heteroatoms. The van der Waals surface area contributed by atoms with E-state index in [4.69, 9.17) is 0 Å². The van der Waals surface area contributed by atoms with Gasteiger partial charge in [-0.05, 0) is 12.1 Å². The highest BCUT2D eigenvalue weighted by Gasteiger charge is 2.10. The minimum absolute atomic E-state index is 1.09. The molecule has 0 spiro atoms. The van der Waals surface area contributed by atoms with E-state index >= 15 is 0 Å². The van der Waals surface area contributed by atoms with Crippen LogP contribution in [0, 0.1) is 0 Å². The van der Waals surface area contributed by atoms with Crippen LogP contribution < -0.4 is 0 Å². The maximum absolute atomic E-state index is 4.07. The fourth-order valence-corrected chi connectivity index (χ4v) is 2.64. The van der Waals surface area contributed by atoms with E-state index in [1.54, 1.807) is 15.4 Å². The molecule has 62 valence electrons. The minimum Gasteiger partial charge on any atom is -0.166 e. The lowest BCUT2D eigenvalue weighted by Crippen LogP contribution is -2.00. The van der Waals surface area contributed by atoms with Crippen LogP contribution in [0.4, 0.5) is 0 Å². The standard InChI is InChI=1S/C7H4Br2N2S/c8-6-2-1-5-4-10-11(9)12-7(5)3-6/h1-4H. The first kappa shape index (κ1) is 8.59. The molecule has 0 fully saturated rings. The number of fused-ring (bicyclic) bond motifs is 1. The molecule has 1 aromatic rings. The van der Waals surface area contributed by atoms with Crippen molar-refractivity contribution in [1.29, 1.82) is 0 Å². The van der Waals surface area contributed by atoms with Crippen LogP contribution in [0.15, 0.2) is 32.7 Å². The molecule has 0 unspecified atom stereocenters. The van der Waals surface area contributed by atoms with Gasteiger partial charge in [0.05, 0.1) is 22.4 Å². The highest BCUT2D eigenvalue weighted by molar-refractivity contribution is 9.10. The van der Waals surface area contributed by atoms with Gasteiger partial charge in [0.2, 0.25) is 0 Å². The van der Waals surface area contributed by atoms with Crippen molar-refractivity contribution in [3.05, 3.63) is 28.2 Å². The molecular formula is C7H4Br2N2S. The summed E-state index contributed by atoms with van der Waals surface area (Å²) < 4.78 is 2.74. The third-order valence-corrected chi connectivity index (χ3v) is 3.34. The normalized spacial score (nSPS) is 14.7. The van der Waals surface area contributed by atoms with Crippen LogP contribution in [-0.2, 0) is 0 Å². The Labute approximate surface area is 91.6 Å². The summed E-state index contributed by atoms with van der Waals surface area (Å²) in [5, 5.41) is 4.07. The Morgan fingerprint density at radius 2 is 2.25 bits per heavy atom. The first-order valence-electron chi connectivity index (χ1n) is 3.23. The second kappa shape index (κ2) is 3.40. The predicted octanol–water partition coefficient (Wildman–Crippen LogP) is 3.42. The minimum atomic E-state index is 1.09. The first-order valence-corrected chi connectivity index (χ1v) is 5.51. The van der Waals surface area contributed by atoms with E-state index in [1.165, 1.54) is 4.90 Å². The Morgan fingerprint density at radius 1 is 1.42 bits per heavy atom. The van der Waals surface area contributed by atoms with Gasteiger partial charge in [0.15, 0.2) is 0 Å². The molecule has 1 aromatic carbocycles. The van der Waals surface area contributed by atoms with E-state index in [0.717, 1.165) is 10.0 Å². The fraction of sp³-hybridized carbons (Fsp3) is 0. The molecule has 12 heavy (non-hydrogen) atoms. The summed E-state index contributed by atoms with van der Waals surface area (Å²) in [6, 6.07) is 6.12. The summed E-state index contributed by atoms with van der Waals surface area (Å²) in [4.78, 5) is 1.19. The third-order valence-electron chi connectivity index (χ3n) is 1.44. The molecule has 0 radical (unpaired) electrons. The molecule has 0 saturated carbocycles. The Balaban J connectivity index is 2.47. The molecule has 1 aliphatic heterocycles. The molecule has 0 aromatic heterocycles. The quantitative estimate of drug-likeness (QED) is 0.539. The fourth-order valence-electron chi connectivity index (χ4n) is 0.906. The number of hydrogen-bond acceptors (Lipinski definition) is 3. The van der Waals surface area contributed by atoms with Crippen molar-refractivity contribution in [3.8, 4) is 0 Å². The van der Waals surface area contributed by atoms with Crippen molar-refractivity contribution in [2.75, 3.05) is 0 Å². The van der Waals surface area contributed by atoms with Crippen molar-refractivity contribution < 1.29 is 0 Å². The molecule has 2 rings (SSSR count). The van der Waals surface area contributed by atoms with Crippen molar-refractivity contribution in [2.24, 2.45) is 5.10 Å². The number of halogens is 2. The molecule has 0 atom stereocenters. The van der Waals surface area contributed by atoms with Crippen LogP contribution in [-0.4, -0.2) is 9.65 Å². The van der Waals surface area contributed by atoms with Crippen molar-refractivity contribution in [1.82, 2.24) is 3.44 Å². The van der Waals surface area contributed by atoms with E-state index in [-0.39, 0.29) is 0 Å². The van der Waals surface area contributed by atoms with Gasteiger partial charge in [-0.15, -0.1) is 0 Å². The molecule has 0 saturated heterocycles. The highest BCUT2D eigenvalue weighted by atomic mass is 79.9. The summed E-state index contributed by atoms with van der Waals surface area (Å²) in [6.45, 7) is 0. The zero-order chi connectivity index (χ0) is 8.55. The van der Waals surface area contributed by atoms with Gasteiger partial charge in [0.25, 0.3) is 0 Å². The van der Waals surface area contributed by atoms with Gasteiger partial charge in [-0.3, -0.25) is 0 Å². The smallest absolute Gasteiger partial charge is 0.0839 e. The molecule has 0 bridgehead atoms. The van der Waals surface area contributed by atoms with Crippen molar-refractivity contribution >= 4 is 50.2 Å². The van der Waals surface area contributed by atoms with Crippen molar-refractivity contribution in [3.63, 3.8) is 0 Å². The van der Waals surface area contributed by atoms with Crippen LogP contribution in [0.25, 0.3) is 0 Å². The molecule has 0 aliphatic carbocycles. The number of nitrogens with zero attached hydrogens (tertiary/aromatic N) is 2. The van der Waals surface area contributed by atoms with Gasteiger partial charge in [-0.2, -0.15) is 8.54 Å². The molecule has 1 heterocycles. The topological polar surface area (TPSA) is 15.6 Å². The SMILES string of the molecule is Brc1ccc2c(c1)SN(Br)N=C2. The molecule has 0 N–H and O–H groups in total. The van der Waals surface area contributed by atoms with Gasteiger partial charge in [0, 0.05) is 26.9 Å². The highest BCUT2D eigenvalue weighted by Crippen LogP contribution is 2.33. The molecule has 1 aliphatic rings. The lowest BCUT2D eigenvalue weighted by molar-refractivity contribution is 0.843. The Morgan fingerprint density at radius 3 is 3.08 bits per heavy atom. The van der Waals surface area contributed by atoms with E-state index in [9.17, 15) is 0 Å². The molecular weight excluding hydrogens is 304 g/mol. The second-order valence-corrected chi connectivity index (χ2v) is 5.27. The number of rotatable bonds is 0. The van der Waals surface area contributed by atoms with Gasteiger partial charge in [-0.1, -0.05) is 22.0 Å². The van der Waals surface area contributed by atoms with E-state index in [1.807, 2.05) is 18.3 Å². The summed E-state index contributed by atoms with van der Waals surface area (Å²) in [7, 11) is 0. The Bertz CT molecular complexity index is 340. The predicted molar refractivity (Wildman–Crippen MR) is 58.4 cm³/mol. The van der Waals surface area contributed by atoms with Crippen molar-refractivity contribution in [2.45, 2.75) is 4.90 Å². The number of hydrogen-bond donors (Lipinski definition) is 0. The lowest BCUT2D eigenvalue weighted by atomic mass is 10.2. The molecule has 2 nitrogen and oxygen atoms in total. The van der Waals surface area contributed by atoms with Crippen LogP contribution in [0.3, 0.4) is 0 Å². The second-order valence-electron chi connectivity index (χ2n) is 2.24. The third kappa shape index (κ3) is 1.67. The zero-order valence-corrected chi connectivity index (χ0v) is 9.86. The number of benzene rings is 1. The van der Waals surface area contributed by atoms with E-state index in [0.29, 0.717) is 0 Å². The van der Waals surface area contributed by atoms with Gasteiger partial charge >= 0.3 is 0 Å². The van der Waals surface area contributed by atoms with E-state index in [2.05, 4.69) is 43.2 Å². The number of hydrazone groups is 1. The van der Waals surface area contributed by atoms with Gasteiger partial charge < -0.3 is 0 Å². The summed E-state index contributed by atoms with van der Waals surface area (Å²) in [5.74, 6) is 0. The first-order chi connectivity index (χ1) is 5.75. The summed E-state index contributed by atoms with van der Waals surface area (Å²) >= 11 is 8.23. The van der Waals surface area contributed by atoms with E-state index < -0.39 is 0 Å². The maximum atomic E-state index is 4.07. The summed E-state index contributed by atoms with van der Waals surface area (Å²) in [5.41, 5.74) is 1.15. The largest absolute Gasteiger partial charge is 0.166 e. The Hall–Kier alpha value is -0.000000000000000111. The maximum Gasteiger partial charge on any atom is 0.0839 e. The van der Waals surface area contributed by atoms with Crippen LogP contribution >= 0.6 is 44.0 Å². The van der Waals surface area contributed by atoms with Crippen LogP contribution in [0.1, 0.15) is 5.56 Å². The van der Waals surface area contributed by atoms with Gasteiger partial charge in [-0.25, -0.2) is 0 Å². The Kier molecular flexibility index (Phi) is 2.43. The zero-order valence-electron chi connectivity index (χ0n) is 5.87. The summed E-state index contributed by atoms with van der Waals surface area (Å²) in [6.07, 6.45) is 1.83. The average molecular weight is 308 g/mol. The van der Waals surface area contributed by atoms with Crippen LogP contribution in [0.2, 0.25) is 0 Å².